The van der Waals surface area contributed by atoms with Gasteiger partial charge in [-0.15, -0.1) is 0 Å². The van der Waals surface area contributed by atoms with Gasteiger partial charge in [-0.3, -0.25) is 24.2 Å². The highest BCUT2D eigenvalue weighted by molar-refractivity contribution is 5.92. The van der Waals surface area contributed by atoms with Gasteiger partial charge in [0.2, 0.25) is 11.8 Å². The second-order valence-electron chi connectivity index (χ2n) is 10.9. The number of fused-ring (bicyclic) bond motifs is 1. The fourth-order valence-electron chi connectivity index (χ4n) is 5.81. The van der Waals surface area contributed by atoms with Gasteiger partial charge in [0.25, 0.3) is 0 Å². The van der Waals surface area contributed by atoms with Gasteiger partial charge in [-0.25, -0.2) is 0 Å². The lowest BCUT2D eigenvalue weighted by molar-refractivity contribution is -0.149. The number of likely N-dealkylation sites (tertiary alicyclic amines) is 1. The number of methoxy groups -OCH3 is 1. The van der Waals surface area contributed by atoms with Crippen LogP contribution in [-0.4, -0.2) is 92.0 Å². The minimum atomic E-state index is -0.193. The monoisotopic (exact) mass is 564 g/mol. The molecular weight excluding hydrogens is 520 g/mol. The maximum Gasteiger partial charge on any atom is 0.308 e. The fraction of sp³-hybridized carbons (Fsp3) is 0.531. The number of hydrogen-bond acceptors (Lipinski definition) is 7. The molecule has 2 aliphatic heterocycles. The smallest absolute Gasteiger partial charge is 0.308 e. The van der Waals surface area contributed by atoms with Crippen molar-refractivity contribution in [3.63, 3.8) is 0 Å². The molecular formula is C32H44N4O5. The number of piperidine rings is 1. The summed E-state index contributed by atoms with van der Waals surface area (Å²) in [4.78, 5) is 46.5. The molecule has 0 N–H and O–H groups in total. The standard InChI is InChI=1S/C32H44N4O5/c1-4-41-30-13-8-6-11-28(30)23-33-16-9-17-36(25(2)37)29-12-7-5-10-27(29)22-34(21-20-33)24-31(38)35-18-14-26(15-19-35)32(39)40-3/h5-8,10-13,26H,4,9,14-24H2,1-3H3. The second-order valence-corrected chi connectivity index (χ2v) is 10.9. The normalized spacial score (nSPS) is 17.8. The molecule has 0 aliphatic carbocycles. The average Bonchev–Trinajstić information content (AvgIpc) is 3.01. The van der Waals surface area contributed by atoms with Crippen LogP contribution in [0.15, 0.2) is 48.5 Å². The number of carbonyl (C=O) groups excluding carboxylic acids is 3. The van der Waals surface area contributed by atoms with Crippen molar-refractivity contribution >= 4 is 23.5 Å². The number of para-hydroxylation sites is 2. The van der Waals surface area contributed by atoms with E-state index in [-0.39, 0.29) is 30.2 Å². The molecule has 0 radical (unpaired) electrons. The Kier molecular flexibility index (Phi) is 11.2. The van der Waals surface area contributed by atoms with E-state index >= 15 is 0 Å². The zero-order valence-electron chi connectivity index (χ0n) is 24.7. The van der Waals surface area contributed by atoms with Gasteiger partial charge in [0, 0.05) is 70.5 Å². The quantitative estimate of drug-likeness (QED) is 0.476. The first kappa shape index (κ1) is 30.5. The van der Waals surface area contributed by atoms with Crippen molar-refractivity contribution in [2.24, 2.45) is 5.92 Å². The van der Waals surface area contributed by atoms with E-state index in [2.05, 4.69) is 21.9 Å². The zero-order valence-corrected chi connectivity index (χ0v) is 24.7. The molecule has 0 atom stereocenters. The Labute approximate surface area is 244 Å². The van der Waals surface area contributed by atoms with E-state index in [1.54, 1.807) is 6.92 Å². The van der Waals surface area contributed by atoms with Crippen molar-refractivity contribution in [2.45, 2.75) is 46.2 Å². The van der Waals surface area contributed by atoms with Crippen molar-refractivity contribution in [1.29, 1.82) is 0 Å². The molecule has 4 rings (SSSR count). The molecule has 9 nitrogen and oxygen atoms in total. The van der Waals surface area contributed by atoms with Gasteiger partial charge in [-0.2, -0.15) is 0 Å². The van der Waals surface area contributed by atoms with Crippen LogP contribution in [0.25, 0.3) is 0 Å². The number of hydrogen-bond donors (Lipinski definition) is 0. The number of benzene rings is 2. The lowest BCUT2D eigenvalue weighted by Gasteiger charge is -2.33. The van der Waals surface area contributed by atoms with Crippen LogP contribution in [0.4, 0.5) is 5.69 Å². The van der Waals surface area contributed by atoms with E-state index in [9.17, 15) is 14.4 Å². The molecule has 222 valence electrons. The summed E-state index contributed by atoms with van der Waals surface area (Å²) in [7, 11) is 1.42. The van der Waals surface area contributed by atoms with E-state index in [0.717, 1.165) is 48.6 Å². The van der Waals surface area contributed by atoms with Crippen LogP contribution in [0, 0.1) is 5.92 Å². The number of carbonyl (C=O) groups is 3. The minimum absolute atomic E-state index is 0.0149. The van der Waals surface area contributed by atoms with Gasteiger partial charge in [-0.1, -0.05) is 36.4 Å². The molecule has 0 spiro atoms. The number of amides is 2. The molecule has 2 aromatic carbocycles. The Morgan fingerprint density at radius 1 is 0.878 bits per heavy atom. The van der Waals surface area contributed by atoms with Crippen LogP contribution in [0.3, 0.4) is 0 Å². The molecule has 41 heavy (non-hydrogen) atoms. The van der Waals surface area contributed by atoms with Crippen LogP contribution in [0.2, 0.25) is 0 Å². The van der Waals surface area contributed by atoms with Crippen molar-refractivity contribution in [1.82, 2.24) is 14.7 Å². The summed E-state index contributed by atoms with van der Waals surface area (Å²) in [5.74, 6) is 0.643. The molecule has 2 amide bonds. The summed E-state index contributed by atoms with van der Waals surface area (Å²) >= 11 is 0. The fourth-order valence-corrected chi connectivity index (χ4v) is 5.81. The molecule has 0 bridgehead atoms. The van der Waals surface area contributed by atoms with E-state index in [0.29, 0.717) is 52.2 Å². The van der Waals surface area contributed by atoms with Gasteiger partial charge >= 0.3 is 5.97 Å². The largest absolute Gasteiger partial charge is 0.494 e. The van der Waals surface area contributed by atoms with E-state index < -0.39 is 0 Å². The molecule has 0 unspecified atom stereocenters. The Bertz CT molecular complexity index is 1180. The summed E-state index contributed by atoms with van der Waals surface area (Å²) in [6.45, 7) is 9.82. The Hall–Kier alpha value is -3.43. The summed E-state index contributed by atoms with van der Waals surface area (Å²) < 4.78 is 10.8. The molecule has 2 heterocycles. The molecule has 0 aromatic heterocycles. The van der Waals surface area contributed by atoms with E-state index in [4.69, 9.17) is 9.47 Å². The maximum atomic E-state index is 13.5. The first-order valence-corrected chi connectivity index (χ1v) is 14.8. The van der Waals surface area contributed by atoms with Crippen molar-refractivity contribution in [3.05, 3.63) is 59.7 Å². The predicted octanol–water partition coefficient (Wildman–Crippen LogP) is 3.56. The van der Waals surface area contributed by atoms with Gasteiger partial charge in [0.05, 0.1) is 26.2 Å². The van der Waals surface area contributed by atoms with Gasteiger partial charge in [0.15, 0.2) is 0 Å². The van der Waals surface area contributed by atoms with Crippen LogP contribution < -0.4 is 9.64 Å². The lowest BCUT2D eigenvalue weighted by Crippen LogP contribution is -2.46. The number of anilines is 1. The van der Waals surface area contributed by atoms with E-state index in [1.165, 1.54) is 7.11 Å². The van der Waals surface area contributed by atoms with Crippen LogP contribution >= 0.6 is 0 Å². The van der Waals surface area contributed by atoms with Crippen LogP contribution in [-0.2, 0) is 32.2 Å². The molecule has 1 saturated heterocycles. The third kappa shape index (κ3) is 8.30. The highest BCUT2D eigenvalue weighted by atomic mass is 16.5. The van der Waals surface area contributed by atoms with Gasteiger partial charge < -0.3 is 19.3 Å². The Balaban J connectivity index is 1.53. The average molecular weight is 565 g/mol. The highest BCUT2D eigenvalue weighted by Gasteiger charge is 2.29. The van der Waals surface area contributed by atoms with Gasteiger partial charge in [-0.05, 0) is 43.9 Å². The second kappa shape index (κ2) is 15.0. The molecule has 9 heteroatoms. The minimum Gasteiger partial charge on any atom is -0.494 e. The van der Waals surface area contributed by atoms with Gasteiger partial charge in [0.1, 0.15) is 5.75 Å². The Morgan fingerprint density at radius 3 is 2.32 bits per heavy atom. The lowest BCUT2D eigenvalue weighted by atomic mass is 9.97. The van der Waals surface area contributed by atoms with Crippen molar-refractivity contribution in [3.8, 4) is 5.75 Å². The molecule has 2 aliphatic rings. The number of rotatable bonds is 7. The molecule has 0 saturated carbocycles. The zero-order chi connectivity index (χ0) is 29.2. The molecule has 1 fully saturated rings. The third-order valence-electron chi connectivity index (χ3n) is 8.05. The summed E-state index contributed by atoms with van der Waals surface area (Å²) in [5.41, 5.74) is 3.08. The SMILES string of the molecule is CCOc1ccccc1CN1CCCN(C(C)=O)c2ccccc2CN(CC(=O)N2CCC(C(=O)OC)CC2)CC1. The summed E-state index contributed by atoms with van der Waals surface area (Å²) in [5, 5.41) is 0. The first-order valence-electron chi connectivity index (χ1n) is 14.8. The summed E-state index contributed by atoms with van der Waals surface area (Å²) in [6, 6.07) is 16.1. The Morgan fingerprint density at radius 2 is 1.59 bits per heavy atom. The summed E-state index contributed by atoms with van der Waals surface area (Å²) in [6.07, 6.45) is 2.09. The number of nitrogens with zero attached hydrogens (tertiary/aromatic N) is 4. The molecule has 2 aromatic rings. The number of esters is 1. The van der Waals surface area contributed by atoms with Crippen LogP contribution in [0.1, 0.15) is 44.2 Å². The van der Waals surface area contributed by atoms with Crippen molar-refractivity contribution in [2.75, 3.05) is 64.4 Å². The van der Waals surface area contributed by atoms with E-state index in [1.807, 2.05) is 53.1 Å². The van der Waals surface area contributed by atoms with Crippen molar-refractivity contribution < 1.29 is 23.9 Å². The number of ether oxygens (including phenoxy) is 2. The highest BCUT2D eigenvalue weighted by Crippen LogP contribution is 2.25. The third-order valence-corrected chi connectivity index (χ3v) is 8.05. The maximum absolute atomic E-state index is 13.5. The van der Waals surface area contributed by atoms with Crippen LogP contribution in [0.5, 0.6) is 5.75 Å². The first-order chi connectivity index (χ1) is 19.9. The topological polar surface area (TPSA) is 82.6 Å². The predicted molar refractivity (Wildman–Crippen MR) is 159 cm³/mol.